The molecule has 17 heavy (non-hydrogen) atoms. The van der Waals surface area contributed by atoms with Crippen LogP contribution in [-0.2, 0) is 11.0 Å². The first-order valence-corrected chi connectivity index (χ1v) is 5.43. The van der Waals surface area contributed by atoms with E-state index in [1.54, 1.807) is 13.8 Å². The fourth-order valence-corrected chi connectivity index (χ4v) is 1.69. The summed E-state index contributed by atoms with van der Waals surface area (Å²) in [6.07, 6.45) is -4.56. The Morgan fingerprint density at radius 1 is 1.41 bits per heavy atom. The minimum Gasteiger partial charge on any atom is -0.480 e. The number of carbonyl (C=O) groups is 1. The first-order chi connectivity index (χ1) is 7.71. The lowest BCUT2D eigenvalue weighted by Crippen LogP contribution is -2.34. The van der Waals surface area contributed by atoms with Crippen molar-refractivity contribution in [2.24, 2.45) is 5.92 Å². The van der Waals surface area contributed by atoms with Crippen molar-refractivity contribution in [3.05, 3.63) is 5.01 Å². The van der Waals surface area contributed by atoms with Crippen LogP contribution < -0.4 is 5.32 Å². The van der Waals surface area contributed by atoms with Gasteiger partial charge < -0.3 is 10.4 Å². The minimum absolute atomic E-state index is 0.154. The van der Waals surface area contributed by atoms with Crippen molar-refractivity contribution in [3.63, 3.8) is 0 Å². The molecule has 1 atom stereocenters. The molecule has 0 amide bonds. The standard InChI is InChI=1S/C8H10F3N3O2S/c1-3(2)4(5(15)16)12-7-14-13-6(17-7)8(9,10)11/h3-4H,1-2H3,(H,12,14)(H,15,16)/t4-/m1/s1. The number of carboxylic acids is 1. The van der Waals surface area contributed by atoms with Crippen LogP contribution in [0, 0.1) is 5.92 Å². The average Bonchev–Trinajstić information content (AvgIpc) is 2.60. The molecule has 0 saturated carbocycles. The Bertz CT molecular complexity index is 405. The summed E-state index contributed by atoms with van der Waals surface area (Å²) in [6, 6.07) is -0.996. The highest BCUT2D eigenvalue weighted by molar-refractivity contribution is 7.15. The lowest BCUT2D eigenvalue weighted by atomic mass is 10.1. The van der Waals surface area contributed by atoms with E-state index >= 15 is 0 Å². The van der Waals surface area contributed by atoms with Crippen molar-refractivity contribution in [1.82, 2.24) is 10.2 Å². The smallest absolute Gasteiger partial charge is 0.445 e. The van der Waals surface area contributed by atoms with Crippen molar-refractivity contribution < 1.29 is 23.1 Å². The second-order valence-electron chi connectivity index (χ2n) is 3.61. The van der Waals surface area contributed by atoms with E-state index in [9.17, 15) is 18.0 Å². The predicted molar refractivity (Wildman–Crippen MR) is 54.8 cm³/mol. The van der Waals surface area contributed by atoms with E-state index < -0.39 is 23.2 Å². The molecule has 1 rings (SSSR count). The summed E-state index contributed by atoms with van der Waals surface area (Å²) in [5, 5.41) is 16.2. The summed E-state index contributed by atoms with van der Waals surface area (Å²) in [7, 11) is 0. The summed E-state index contributed by atoms with van der Waals surface area (Å²) in [5.74, 6) is -1.44. The Labute approximate surface area is 98.7 Å². The van der Waals surface area contributed by atoms with E-state index in [1.807, 2.05) is 0 Å². The number of hydrogen-bond acceptors (Lipinski definition) is 5. The number of alkyl halides is 3. The summed E-state index contributed by atoms with van der Waals surface area (Å²) in [6.45, 7) is 3.27. The van der Waals surface area contributed by atoms with Crippen LogP contribution in [0.25, 0.3) is 0 Å². The first-order valence-electron chi connectivity index (χ1n) is 4.62. The Kier molecular flexibility index (Phi) is 3.91. The van der Waals surface area contributed by atoms with E-state index in [0.717, 1.165) is 0 Å². The second-order valence-corrected chi connectivity index (χ2v) is 4.59. The van der Waals surface area contributed by atoms with Gasteiger partial charge in [0.05, 0.1) is 0 Å². The molecule has 2 N–H and O–H groups in total. The van der Waals surface area contributed by atoms with Gasteiger partial charge in [0.2, 0.25) is 10.1 Å². The second kappa shape index (κ2) is 4.86. The normalized spacial score (nSPS) is 13.8. The summed E-state index contributed by atoms with van der Waals surface area (Å²) in [4.78, 5) is 10.8. The lowest BCUT2D eigenvalue weighted by Gasteiger charge is -2.16. The third-order valence-electron chi connectivity index (χ3n) is 1.88. The number of halogens is 3. The highest BCUT2D eigenvalue weighted by Gasteiger charge is 2.36. The largest absolute Gasteiger partial charge is 0.480 e. The number of carboxylic acid groups (broad SMARTS) is 1. The summed E-state index contributed by atoms with van der Waals surface area (Å²) >= 11 is 0.281. The van der Waals surface area contributed by atoms with Crippen LogP contribution in [0.2, 0.25) is 0 Å². The van der Waals surface area contributed by atoms with Crippen LogP contribution in [0.4, 0.5) is 18.3 Å². The molecule has 1 heterocycles. The van der Waals surface area contributed by atoms with E-state index in [2.05, 4.69) is 15.5 Å². The van der Waals surface area contributed by atoms with E-state index in [-0.39, 0.29) is 22.4 Å². The quantitative estimate of drug-likeness (QED) is 0.875. The Morgan fingerprint density at radius 3 is 2.35 bits per heavy atom. The fourth-order valence-electron chi connectivity index (χ4n) is 1.04. The van der Waals surface area contributed by atoms with Gasteiger partial charge >= 0.3 is 12.1 Å². The molecular weight excluding hydrogens is 259 g/mol. The van der Waals surface area contributed by atoms with Gasteiger partial charge in [-0.2, -0.15) is 13.2 Å². The number of rotatable bonds is 4. The first kappa shape index (κ1) is 13.7. The predicted octanol–water partition coefficient (Wildman–Crippen LogP) is 2.08. The van der Waals surface area contributed by atoms with Crippen molar-refractivity contribution in [2.45, 2.75) is 26.1 Å². The SMILES string of the molecule is CC(C)[C@@H](Nc1nnc(C(F)(F)F)s1)C(=O)O. The fraction of sp³-hybridized carbons (Fsp3) is 0.625. The molecule has 96 valence electrons. The highest BCUT2D eigenvalue weighted by atomic mass is 32.1. The molecule has 0 aliphatic rings. The molecule has 5 nitrogen and oxygen atoms in total. The molecule has 0 fully saturated rings. The maximum Gasteiger partial charge on any atom is 0.445 e. The van der Waals surface area contributed by atoms with Gasteiger partial charge in [-0.1, -0.05) is 25.2 Å². The lowest BCUT2D eigenvalue weighted by molar-refractivity contribution is -0.139. The molecule has 0 radical (unpaired) electrons. The molecule has 1 aromatic heterocycles. The van der Waals surface area contributed by atoms with Crippen LogP contribution >= 0.6 is 11.3 Å². The molecular formula is C8H10F3N3O2S. The van der Waals surface area contributed by atoms with Crippen LogP contribution in [-0.4, -0.2) is 27.3 Å². The molecule has 0 aliphatic carbocycles. The van der Waals surface area contributed by atoms with Gasteiger partial charge in [0.15, 0.2) is 0 Å². The average molecular weight is 269 g/mol. The van der Waals surface area contributed by atoms with Crippen LogP contribution in [0.5, 0.6) is 0 Å². The van der Waals surface area contributed by atoms with Gasteiger partial charge in [-0.25, -0.2) is 4.79 Å². The van der Waals surface area contributed by atoms with Crippen LogP contribution in [0.1, 0.15) is 18.9 Å². The molecule has 1 aromatic rings. The monoisotopic (exact) mass is 269 g/mol. The molecule has 0 spiro atoms. The van der Waals surface area contributed by atoms with Crippen molar-refractivity contribution in [1.29, 1.82) is 0 Å². The zero-order valence-corrected chi connectivity index (χ0v) is 9.76. The Morgan fingerprint density at radius 2 is 2.00 bits per heavy atom. The summed E-state index contributed by atoms with van der Waals surface area (Å²) in [5.41, 5.74) is 0. The van der Waals surface area contributed by atoms with Crippen LogP contribution in [0.15, 0.2) is 0 Å². The van der Waals surface area contributed by atoms with Crippen molar-refractivity contribution >= 4 is 22.4 Å². The van der Waals surface area contributed by atoms with Gasteiger partial charge in [0, 0.05) is 0 Å². The van der Waals surface area contributed by atoms with Crippen LogP contribution in [0.3, 0.4) is 0 Å². The molecule has 9 heteroatoms. The van der Waals surface area contributed by atoms with Crippen molar-refractivity contribution in [2.75, 3.05) is 5.32 Å². The number of aliphatic carboxylic acids is 1. The highest BCUT2D eigenvalue weighted by Crippen LogP contribution is 2.33. The molecule has 0 aromatic carbocycles. The van der Waals surface area contributed by atoms with Gasteiger partial charge in [0.25, 0.3) is 0 Å². The number of nitrogens with zero attached hydrogens (tertiary/aromatic N) is 2. The summed E-state index contributed by atoms with van der Waals surface area (Å²) < 4.78 is 36.7. The van der Waals surface area contributed by atoms with Gasteiger partial charge in [0.1, 0.15) is 6.04 Å². The number of hydrogen-bond donors (Lipinski definition) is 2. The maximum absolute atomic E-state index is 12.2. The molecule has 0 bridgehead atoms. The minimum atomic E-state index is -4.56. The molecule has 0 aliphatic heterocycles. The van der Waals surface area contributed by atoms with Crippen molar-refractivity contribution in [3.8, 4) is 0 Å². The zero-order valence-electron chi connectivity index (χ0n) is 8.95. The maximum atomic E-state index is 12.2. The van der Waals surface area contributed by atoms with E-state index in [1.165, 1.54) is 0 Å². The van der Waals surface area contributed by atoms with E-state index in [0.29, 0.717) is 0 Å². The van der Waals surface area contributed by atoms with E-state index in [4.69, 9.17) is 5.11 Å². The third kappa shape index (κ3) is 3.55. The number of nitrogens with one attached hydrogen (secondary N) is 1. The topological polar surface area (TPSA) is 75.1 Å². The Hall–Kier alpha value is -1.38. The number of anilines is 1. The Balaban J connectivity index is 2.81. The van der Waals surface area contributed by atoms with Gasteiger partial charge in [-0.05, 0) is 5.92 Å². The number of aromatic nitrogens is 2. The molecule has 0 saturated heterocycles. The van der Waals surface area contributed by atoms with Gasteiger partial charge in [-0.15, -0.1) is 10.2 Å². The van der Waals surface area contributed by atoms with Gasteiger partial charge in [-0.3, -0.25) is 0 Å². The zero-order chi connectivity index (χ0) is 13.2. The molecule has 0 unspecified atom stereocenters. The third-order valence-corrected chi connectivity index (χ3v) is 2.78.